The van der Waals surface area contributed by atoms with E-state index < -0.39 is 0 Å². The molecule has 1 aromatic carbocycles. The van der Waals surface area contributed by atoms with E-state index in [9.17, 15) is 4.79 Å². The third kappa shape index (κ3) is 2.85. The maximum atomic E-state index is 12.0. The monoisotopic (exact) mass is 273 g/mol. The number of amides is 1. The van der Waals surface area contributed by atoms with Crippen LogP contribution in [0.3, 0.4) is 0 Å². The predicted octanol–water partition coefficient (Wildman–Crippen LogP) is 1.29. The van der Waals surface area contributed by atoms with Crippen LogP contribution in [0.25, 0.3) is 11.0 Å². The van der Waals surface area contributed by atoms with Crippen LogP contribution in [0.4, 0.5) is 0 Å². The summed E-state index contributed by atoms with van der Waals surface area (Å²) in [4.78, 5) is 13.4. The van der Waals surface area contributed by atoms with Crippen LogP contribution in [-0.2, 0) is 4.79 Å². The first kappa shape index (κ1) is 13.2. The van der Waals surface area contributed by atoms with E-state index in [1.165, 1.54) is 17.7 Å². The lowest BCUT2D eigenvalue weighted by molar-refractivity contribution is -0.879. The average Bonchev–Trinajstić information content (AvgIpc) is 3.06. The summed E-state index contributed by atoms with van der Waals surface area (Å²) in [6.07, 6.45) is 2.48. The van der Waals surface area contributed by atoms with Gasteiger partial charge in [-0.2, -0.15) is 0 Å². The van der Waals surface area contributed by atoms with Gasteiger partial charge in [0.2, 0.25) is 0 Å². The molecule has 2 heterocycles. The number of nitrogens with one attached hydrogen (secondary N) is 2. The van der Waals surface area contributed by atoms with Crippen LogP contribution in [0.2, 0.25) is 0 Å². The van der Waals surface area contributed by atoms with E-state index in [0.717, 1.165) is 29.8 Å². The normalized spacial score (nSPS) is 17.4. The highest BCUT2D eigenvalue weighted by atomic mass is 16.3. The highest BCUT2D eigenvalue weighted by Crippen LogP contribution is 2.23. The van der Waals surface area contributed by atoms with Crippen LogP contribution < -0.4 is 10.2 Å². The minimum Gasteiger partial charge on any atom is -0.459 e. The van der Waals surface area contributed by atoms with Crippen molar-refractivity contribution in [3.05, 3.63) is 36.1 Å². The zero-order valence-electron chi connectivity index (χ0n) is 11.8. The molecule has 106 valence electrons. The van der Waals surface area contributed by atoms with Crippen molar-refractivity contribution in [1.82, 2.24) is 5.32 Å². The molecule has 1 fully saturated rings. The van der Waals surface area contributed by atoms with Crippen LogP contribution in [0.5, 0.6) is 0 Å². The van der Waals surface area contributed by atoms with Crippen molar-refractivity contribution in [2.75, 3.05) is 19.6 Å². The van der Waals surface area contributed by atoms with Crippen molar-refractivity contribution in [1.29, 1.82) is 0 Å². The second-order valence-corrected chi connectivity index (χ2v) is 5.61. The second-order valence-electron chi connectivity index (χ2n) is 5.61. The number of carbonyl (C=O) groups is 1. The Kier molecular flexibility index (Phi) is 3.74. The number of hydrogen-bond acceptors (Lipinski definition) is 2. The van der Waals surface area contributed by atoms with E-state index in [1.54, 1.807) is 0 Å². The number of benzene rings is 1. The van der Waals surface area contributed by atoms with Gasteiger partial charge in [0.15, 0.2) is 6.54 Å². The number of para-hydroxylation sites is 1. The van der Waals surface area contributed by atoms with Gasteiger partial charge in [-0.15, -0.1) is 0 Å². The van der Waals surface area contributed by atoms with Gasteiger partial charge < -0.3 is 14.6 Å². The molecule has 1 amide bonds. The average molecular weight is 273 g/mol. The minimum absolute atomic E-state index is 0.0862. The van der Waals surface area contributed by atoms with Gasteiger partial charge in [0.05, 0.1) is 19.1 Å². The van der Waals surface area contributed by atoms with Crippen molar-refractivity contribution >= 4 is 16.9 Å². The third-order valence-corrected chi connectivity index (χ3v) is 3.97. The van der Waals surface area contributed by atoms with Gasteiger partial charge in [0.25, 0.3) is 5.91 Å². The molecule has 1 saturated heterocycles. The number of carbonyl (C=O) groups excluding carboxylic acids is 1. The first-order valence-corrected chi connectivity index (χ1v) is 7.34. The largest absolute Gasteiger partial charge is 0.459 e. The smallest absolute Gasteiger partial charge is 0.275 e. The zero-order valence-corrected chi connectivity index (χ0v) is 11.8. The predicted molar refractivity (Wildman–Crippen MR) is 77.6 cm³/mol. The molecule has 0 aliphatic carbocycles. The number of fused-ring (bicyclic) bond motifs is 1. The van der Waals surface area contributed by atoms with Gasteiger partial charge in [-0.1, -0.05) is 18.2 Å². The van der Waals surface area contributed by atoms with Gasteiger partial charge >= 0.3 is 0 Å². The maximum Gasteiger partial charge on any atom is 0.275 e. The third-order valence-electron chi connectivity index (χ3n) is 3.97. The highest BCUT2D eigenvalue weighted by molar-refractivity contribution is 5.79. The fourth-order valence-corrected chi connectivity index (χ4v) is 2.86. The molecule has 1 atom stereocenters. The number of likely N-dealkylation sites (tertiary alicyclic amines) is 1. The summed E-state index contributed by atoms with van der Waals surface area (Å²) in [5.74, 6) is 0.922. The van der Waals surface area contributed by atoms with E-state index in [4.69, 9.17) is 4.42 Å². The fraction of sp³-hybridized carbons (Fsp3) is 0.438. The summed E-state index contributed by atoms with van der Waals surface area (Å²) < 4.78 is 5.78. The number of furan rings is 1. The SMILES string of the molecule is C[C@@H](NC(=O)C[NH+]1CCCC1)c1cc2ccccc2o1. The van der Waals surface area contributed by atoms with Crippen LogP contribution in [0.1, 0.15) is 31.6 Å². The Morgan fingerprint density at radius 3 is 2.85 bits per heavy atom. The maximum absolute atomic E-state index is 12.0. The van der Waals surface area contributed by atoms with Crippen LogP contribution in [-0.4, -0.2) is 25.5 Å². The Morgan fingerprint density at radius 1 is 1.35 bits per heavy atom. The molecule has 1 aromatic heterocycles. The molecule has 0 unspecified atom stereocenters. The lowest BCUT2D eigenvalue weighted by Crippen LogP contribution is -3.11. The molecule has 0 radical (unpaired) electrons. The lowest BCUT2D eigenvalue weighted by atomic mass is 10.2. The Balaban J connectivity index is 1.62. The first-order chi connectivity index (χ1) is 9.72. The number of quaternary nitrogens is 1. The summed E-state index contributed by atoms with van der Waals surface area (Å²) in [5.41, 5.74) is 0.869. The summed E-state index contributed by atoms with van der Waals surface area (Å²) in [6.45, 7) is 4.78. The van der Waals surface area contributed by atoms with Gasteiger partial charge in [-0.3, -0.25) is 4.79 Å². The van der Waals surface area contributed by atoms with Crippen molar-refractivity contribution in [2.24, 2.45) is 0 Å². The van der Waals surface area contributed by atoms with Crippen molar-refractivity contribution < 1.29 is 14.1 Å². The molecular formula is C16H21N2O2+. The topological polar surface area (TPSA) is 46.7 Å². The molecule has 2 N–H and O–H groups in total. The Morgan fingerprint density at radius 2 is 2.10 bits per heavy atom. The lowest BCUT2D eigenvalue weighted by Gasteiger charge is -2.14. The molecule has 0 bridgehead atoms. The Hall–Kier alpha value is -1.81. The number of rotatable bonds is 4. The molecule has 1 aliphatic rings. The zero-order chi connectivity index (χ0) is 13.9. The Labute approximate surface area is 118 Å². The molecule has 3 rings (SSSR count). The second kappa shape index (κ2) is 5.67. The van der Waals surface area contributed by atoms with Crippen molar-refractivity contribution in [3.8, 4) is 0 Å². The van der Waals surface area contributed by atoms with Crippen LogP contribution in [0, 0.1) is 0 Å². The van der Waals surface area contributed by atoms with Gasteiger partial charge in [-0.25, -0.2) is 0 Å². The Bertz CT molecular complexity index is 566. The molecule has 2 aromatic rings. The van der Waals surface area contributed by atoms with Gasteiger partial charge in [0.1, 0.15) is 11.3 Å². The highest BCUT2D eigenvalue weighted by Gasteiger charge is 2.21. The van der Waals surface area contributed by atoms with E-state index >= 15 is 0 Å². The van der Waals surface area contributed by atoms with E-state index in [1.807, 2.05) is 37.3 Å². The molecular weight excluding hydrogens is 252 g/mol. The standard InChI is InChI=1S/C16H20N2O2/c1-12(17-16(19)11-18-8-4-5-9-18)15-10-13-6-2-3-7-14(13)20-15/h2-3,6-7,10,12H,4-5,8-9,11H2,1H3,(H,17,19)/p+1/t12-/m1/s1. The van der Waals surface area contributed by atoms with E-state index in [-0.39, 0.29) is 11.9 Å². The molecule has 1 aliphatic heterocycles. The minimum atomic E-state index is -0.0862. The van der Waals surface area contributed by atoms with Crippen molar-refractivity contribution in [3.63, 3.8) is 0 Å². The van der Waals surface area contributed by atoms with Gasteiger partial charge in [0, 0.05) is 18.2 Å². The summed E-state index contributed by atoms with van der Waals surface area (Å²) in [6, 6.07) is 9.82. The summed E-state index contributed by atoms with van der Waals surface area (Å²) in [5, 5.41) is 4.11. The van der Waals surface area contributed by atoms with Crippen LogP contribution >= 0.6 is 0 Å². The first-order valence-electron chi connectivity index (χ1n) is 7.34. The van der Waals surface area contributed by atoms with E-state index in [2.05, 4.69) is 5.32 Å². The molecule has 4 nitrogen and oxygen atoms in total. The van der Waals surface area contributed by atoms with E-state index in [0.29, 0.717) is 6.54 Å². The van der Waals surface area contributed by atoms with Crippen LogP contribution in [0.15, 0.2) is 34.7 Å². The number of hydrogen-bond donors (Lipinski definition) is 2. The molecule has 0 saturated carbocycles. The summed E-state index contributed by atoms with van der Waals surface area (Å²) >= 11 is 0. The van der Waals surface area contributed by atoms with Gasteiger partial charge in [-0.05, 0) is 19.1 Å². The van der Waals surface area contributed by atoms with Crippen molar-refractivity contribution in [2.45, 2.75) is 25.8 Å². The molecule has 0 spiro atoms. The molecule has 4 heteroatoms. The fourth-order valence-electron chi connectivity index (χ4n) is 2.86. The molecule has 20 heavy (non-hydrogen) atoms. The quantitative estimate of drug-likeness (QED) is 0.882. The summed E-state index contributed by atoms with van der Waals surface area (Å²) in [7, 11) is 0.